The Hall–Kier alpha value is -2.86. The molecule has 7 heteroatoms. The smallest absolute Gasteiger partial charge is 0.338 e. The molecule has 0 bridgehead atoms. The molecule has 0 atom stereocenters. The second-order valence-corrected chi connectivity index (χ2v) is 7.20. The Balaban J connectivity index is 1.29. The molecule has 3 aromatic rings. The first-order valence-corrected chi connectivity index (χ1v) is 9.54. The van der Waals surface area contributed by atoms with Crippen LogP contribution in [0.5, 0.6) is 0 Å². The van der Waals surface area contributed by atoms with E-state index in [2.05, 4.69) is 4.98 Å². The third-order valence-electron chi connectivity index (χ3n) is 4.89. The molecule has 4 rings (SSSR count). The van der Waals surface area contributed by atoms with Crippen molar-refractivity contribution in [3.05, 3.63) is 65.0 Å². The third-order valence-corrected chi connectivity index (χ3v) is 5.13. The second kappa shape index (κ2) is 8.02. The minimum absolute atomic E-state index is 0.186. The highest BCUT2D eigenvalue weighted by Crippen LogP contribution is 2.29. The molecule has 0 unspecified atom stereocenters. The van der Waals surface area contributed by atoms with Gasteiger partial charge in [0.05, 0.1) is 5.56 Å². The van der Waals surface area contributed by atoms with Crippen molar-refractivity contribution in [3.8, 4) is 0 Å². The molecular formula is C21H19ClN2O4. The van der Waals surface area contributed by atoms with Gasteiger partial charge in [0.25, 0.3) is 5.91 Å². The van der Waals surface area contributed by atoms with Crippen molar-refractivity contribution in [2.75, 3.05) is 19.7 Å². The summed E-state index contributed by atoms with van der Waals surface area (Å²) in [5.74, 6) is 0.148. The van der Waals surface area contributed by atoms with Crippen LogP contribution in [0.4, 0.5) is 0 Å². The summed E-state index contributed by atoms with van der Waals surface area (Å²) in [5, 5.41) is 0.446. The third kappa shape index (κ3) is 4.02. The number of rotatable bonds is 4. The Bertz CT molecular complexity index is 975. The molecule has 2 aromatic carbocycles. The molecule has 0 radical (unpaired) electrons. The van der Waals surface area contributed by atoms with Crippen molar-refractivity contribution < 1.29 is 18.7 Å². The maximum absolute atomic E-state index is 12.4. The van der Waals surface area contributed by atoms with Gasteiger partial charge in [0.1, 0.15) is 5.52 Å². The molecule has 0 saturated carbocycles. The average Bonchev–Trinajstić information content (AvgIpc) is 3.16. The predicted octanol–water partition coefficient (Wildman–Crippen LogP) is 4.04. The summed E-state index contributed by atoms with van der Waals surface area (Å²) in [4.78, 5) is 30.7. The van der Waals surface area contributed by atoms with Crippen molar-refractivity contribution in [1.82, 2.24) is 9.88 Å². The lowest BCUT2D eigenvalue weighted by atomic mass is 9.97. The molecule has 28 heavy (non-hydrogen) atoms. The van der Waals surface area contributed by atoms with E-state index >= 15 is 0 Å². The SMILES string of the molecule is O=C(OCC(=O)N1CCC(c2nc3ccccc3o2)CC1)c1cccc(Cl)c1. The summed E-state index contributed by atoms with van der Waals surface area (Å²) >= 11 is 5.87. The van der Waals surface area contributed by atoms with Gasteiger partial charge in [-0.1, -0.05) is 29.8 Å². The number of para-hydroxylation sites is 2. The van der Waals surface area contributed by atoms with Gasteiger partial charge in [0.15, 0.2) is 18.1 Å². The molecule has 2 heterocycles. The van der Waals surface area contributed by atoms with Gasteiger partial charge in [-0.25, -0.2) is 9.78 Å². The monoisotopic (exact) mass is 398 g/mol. The van der Waals surface area contributed by atoms with E-state index in [1.807, 2.05) is 24.3 Å². The molecule has 6 nitrogen and oxygen atoms in total. The van der Waals surface area contributed by atoms with Gasteiger partial charge in [-0.15, -0.1) is 0 Å². The summed E-state index contributed by atoms with van der Waals surface area (Å²) in [7, 11) is 0. The number of ether oxygens (including phenoxy) is 1. The number of likely N-dealkylation sites (tertiary alicyclic amines) is 1. The van der Waals surface area contributed by atoms with E-state index in [0.29, 0.717) is 23.7 Å². The van der Waals surface area contributed by atoms with Gasteiger partial charge in [0.2, 0.25) is 0 Å². The predicted molar refractivity (Wildman–Crippen MR) is 104 cm³/mol. The zero-order valence-electron chi connectivity index (χ0n) is 15.1. The fourth-order valence-electron chi connectivity index (χ4n) is 3.36. The maximum Gasteiger partial charge on any atom is 0.338 e. The van der Waals surface area contributed by atoms with Gasteiger partial charge >= 0.3 is 5.97 Å². The zero-order valence-corrected chi connectivity index (χ0v) is 15.9. The largest absolute Gasteiger partial charge is 0.452 e. The van der Waals surface area contributed by atoms with E-state index in [9.17, 15) is 9.59 Å². The first-order chi connectivity index (χ1) is 13.6. The summed E-state index contributed by atoms with van der Waals surface area (Å²) < 4.78 is 11.0. The first kappa shape index (κ1) is 18.5. The maximum atomic E-state index is 12.4. The highest BCUT2D eigenvalue weighted by Gasteiger charge is 2.27. The van der Waals surface area contributed by atoms with Crippen LogP contribution >= 0.6 is 11.6 Å². The number of piperidine rings is 1. The van der Waals surface area contributed by atoms with Crippen molar-refractivity contribution in [2.24, 2.45) is 0 Å². The Morgan fingerprint density at radius 2 is 1.93 bits per heavy atom. The van der Waals surface area contributed by atoms with Gasteiger partial charge in [-0.3, -0.25) is 4.79 Å². The topological polar surface area (TPSA) is 72.6 Å². The standard InChI is InChI=1S/C21H19ClN2O4/c22-16-5-3-4-15(12-16)21(26)27-13-19(25)24-10-8-14(9-11-24)20-23-17-6-1-2-7-18(17)28-20/h1-7,12,14H,8-11,13H2. The number of hydrogen-bond donors (Lipinski definition) is 0. The van der Waals surface area contributed by atoms with Crippen molar-refractivity contribution >= 4 is 34.6 Å². The fourth-order valence-corrected chi connectivity index (χ4v) is 3.55. The molecule has 1 fully saturated rings. The van der Waals surface area contributed by atoms with E-state index in [4.69, 9.17) is 20.8 Å². The Morgan fingerprint density at radius 1 is 1.14 bits per heavy atom. The quantitative estimate of drug-likeness (QED) is 0.620. The van der Waals surface area contributed by atoms with Gasteiger partial charge in [0, 0.05) is 24.0 Å². The Kier molecular flexibility index (Phi) is 5.30. The molecule has 1 aliphatic heterocycles. The number of oxazole rings is 1. The molecular weight excluding hydrogens is 380 g/mol. The number of benzene rings is 2. The number of carbonyl (C=O) groups excluding carboxylic acids is 2. The number of nitrogens with zero attached hydrogens (tertiary/aromatic N) is 2. The molecule has 0 spiro atoms. The number of amides is 1. The number of fused-ring (bicyclic) bond motifs is 1. The highest BCUT2D eigenvalue weighted by atomic mass is 35.5. The fraction of sp³-hybridized carbons (Fsp3) is 0.286. The van der Waals surface area contributed by atoms with E-state index < -0.39 is 5.97 Å². The van der Waals surface area contributed by atoms with Crippen LogP contribution in [0.2, 0.25) is 5.02 Å². The van der Waals surface area contributed by atoms with Crippen LogP contribution in [0.3, 0.4) is 0 Å². The lowest BCUT2D eigenvalue weighted by molar-refractivity contribution is -0.135. The van der Waals surface area contributed by atoms with Crippen LogP contribution in [-0.2, 0) is 9.53 Å². The summed E-state index contributed by atoms with van der Waals surface area (Å²) in [6.07, 6.45) is 1.53. The molecule has 1 amide bonds. The van der Waals surface area contributed by atoms with Crippen LogP contribution in [0.1, 0.15) is 35.0 Å². The number of esters is 1. The van der Waals surface area contributed by atoms with Crippen molar-refractivity contribution in [3.63, 3.8) is 0 Å². The summed E-state index contributed by atoms with van der Waals surface area (Å²) in [6, 6.07) is 14.1. The summed E-state index contributed by atoms with van der Waals surface area (Å²) in [6.45, 7) is 0.882. The molecule has 1 aromatic heterocycles. The molecule has 1 aliphatic rings. The van der Waals surface area contributed by atoms with Crippen molar-refractivity contribution in [2.45, 2.75) is 18.8 Å². The lowest BCUT2D eigenvalue weighted by Gasteiger charge is -2.30. The van der Waals surface area contributed by atoms with Crippen LogP contribution in [0.25, 0.3) is 11.1 Å². The molecule has 0 N–H and O–H groups in total. The molecule has 144 valence electrons. The number of halogens is 1. The van der Waals surface area contributed by atoms with E-state index in [1.165, 1.54) is 6.07 Å². The van der Waals surface area contributed by atoms with Crippen LogP contribution in [0.15, 0.2) is 52.9 Å². The average molecular weight is 399 g/mol. The minimum atomic E-state index is -0.558. The lowest BCUT2D eigenvalue weighted by Crippen LogP contribution is -2.40. The Labute approximate surface area is 167 Å². The number of aromatic nitrogens is 1. The van der Waals surface area contributed by atoms with E-state index in [-0.39, 0.29) is 18.4 Å². The highest BCUT2D eigenvalue weighted by molar-refractivity contribution is 6.30. The van der Waals surface area contributed by atoms with Crippen molar-refractivity contribution in [1.29, 1.82) is 0 Å². The van der Waals surface area contributed by atoms with Gasteiger partial charge in [-0.05, 0) is 43.2 Å². The normalized spacial score (nSPS) is 15.0. The second-order valence-electron chi connectivity index (χ2n) is 6.76. The van der Waals surface area contributed by atoms with E-state index in [1.54, 1.807) is 23.1 Å². The number of carbonyl (C=O) groups is 2. The van der Waals surface area contributed by atoms with Gasteiger partial charge in [-0.2, -0.15) is 0 Å². The minimum Gasteiger partial charge on any atom is -0.452 e. The zero-order chi connectivity index (χ0) is 19.5. The Morgan fingerprint density at radius 3 is 2.68 bits per heavy atom. The molecule has 0 aliphatic carbocycles. The van der Waals surface area contributed by atoms with Crippen LogP contribution in [0, 0.1) is 0 Å². The molecule has 1 saturated heterocycles. The summed E-state index contributed by atoms with van der Waals surface area (Å²) in [5.41, 5.74) is 1.96. The van der Waals surface area contributed by atoms with Crippen LogP contribution < -0.4 is 0 Å². The van der Waals surface area contributed by atoms with Gasteiger partial charge < -0.3 is 14.1 Å². The first-order valence-electron chi connectivity index (χ1n) is 9.16. The van der Waals surface area contributed by atoms with E-state index in [0.717, 1.165) is 29.8 Å². The number of hydrogen-bond acceptors (Lipinski definition) is 5. The van der Waals surface area contributed by atoms with Crippen LogP contribution in [-0.4, -0.2) is 41.5 Å².